The monoisotopic (exact) mass is 613 g/mol. The molecule has 11 nitrogen and oxygen atoms in total. The van der Waals surface area contributed by atoms with Crippen molar-refractivity contribution in [1.29, 1.82) is 0 Å². The summed E-state index contributed by atoms with van der Waals surface area (Å²) in [5.41, 5.74) is 1.21. The van der Waals surface area contributed by atoms with Gasteiger partial charge in [-0.15, -0.1) is 0 Å². The standard InChI is InChI=1S/C29H33F2N7O4S/c1-17-15-37(2)11-12-38(17)23(16-42-3)28(39)34-22-9-5-7-18-19(13-32-27(18)22)26-20(30)14-33-29(36-26)35-21-8-6-10-24(25(21)31)43(4,40)41/h5-10,13-14,17,23,32H,11-12,15-16H2,1-4H3,(H,34,39)(H,33,35,36). The molecule has 2 unspecified atom stereocenters. The second-order valence-electron chi connectivity index (χ2n) is 10.6. The van der Waals surface area contributed by atoms with Gasteiger partial charge in [-0.2, -0.15) is 0 Å². The summed E-state index contributed by atoms with van der Waals surface area (Å²) in [6.45, 7) is 4.70. The first-order valence-corrected chi connectivity index (χ1v) is 15.5. The molecule has 0 aliphatic carbocycles. The van der Waals surface area contributed by atoms with Crippen molar-refractivity contribution in [3.8, 4) is 11.3 Å². The largest absolute Gasteiger partial charge is 0.383 e. The minimum atomic E-state index is -3.82. The number of rotatable bonds is 9. The van der Waals surface area contributed by atoms with Gasteiger partial charge in [0.05, 0.1) is 29.7 Å². The highest BCUT2D eigenvalue weighted by atomic mass is 32.2. The van der Waals surface area contributed by atoms with Crippen LogP contribution in [0.1, 0.15) is 6.92 Å². The zero-order valence-corrected chi connectivity index (χ0v) is 25.0. The van der Waals surface area contributed by atoms with Crippen molar-refractivity contribution in [1.82, 2.24) is 24.8 Å². The van der Waals surface area contributed by atoms with Crippen LogP contribution in [0.15, 0.2) is 53.7 Å². The van der Waals surface area contributed by atoms with E-state index < -0.39 is 32.4 Å². The molecule has 43 heavy (non-hydrogen) atoms. The van der Waals surface area contributed by atoms with E-state index in [0.717, 1.165) is 38.2 Å². The Kier molecular flexibility index (Phi) is 8.74. The smallest absolute Gasteiger partial charge is 0.244 e. The van der Waals surface area contributed by atoms with Gasteiger partial charge in [0.15, 0.2) is 21.5 Å². The van der Waals surface area contributed by atoms with E-state index in [9.17, 15) is 17.6 Å². The number of piperazine rings is 1. The second kappa shape index (κ2) is 12.3. The maximum absolute atomic E-state index is 15.1. The summed E-state index contributed by atoms with van der Waals surface area (Å²) in [4.78, 5) is 28.7. The van der Waals surface area contributed by atoms with Gasteiger partial charge in [-0.25, -0.2) is 27.2 Å². The van der Waals surface area contributed by atoms with Gasteiger partial charge >= 0.3 is 0 Å². The minimum absolute atomic E-state index is 0.0737. The molecule has 4 aromatic rings. The van der Waals surface area contributed by atoms with Crippen molar-refractivity contribution in [2.24, 2.45) is 0 Å². The number of H-pyrrole nitrogens is 1. The lowest BCUT2D eigenvalue weighted by Crippen LogP contribution is -2.58. The number of para-hydroxylation sites is 1. The lowest BCUT2D eigenvalue weighted by atomic mass is 10.1. The first-order chi connectivity index (χ1) is 20.5. The lowest BCUT2D eigenvalue weighted by molar-refractivity contribution is -0.125. The molecule has 14 heteroatoms. The molecule has 1 aliphatic heterocycles. The average molecular weight is 614 g/mol. The number of halogens is 2. The average Bonchev–Trinajstić information content (AvgIpc) is 3.38. The Bertz CT molecular complexity index is 1770. The number of methoxy groups -OCH3 is 1. The third-order valence-electron chi connectivity index (χ3n) is 7.49. The molecule has 1 saturated heterocycles. The maximum Gasteiger partial charge on any atom is 0.244 e. The first-order valence-electron chi connectivity index (χ1n) is 13.6. The van der Waals surface area contributed by atoms with E-state index in [-0.39, 0.29) is 35.9 Å². The highest BCUT2D eigenvalue weighted by Crippen LogP contribution is 2.34. The number of nitrogens with one attached hydrogen (secondary N) is 3. The third-order valence-corrected chi connectivity index (χ3v) is 8.61. The number of carbonyl (C=O) groups is 1. The molecule has 5 rings (SSSR count). The van der Waals surface area contributed by atoms with Crippen LogP contribution < -0.4 is 10.6 Å². The number of aromatic amines is 1. The number of anilines is 3. The zero-order valence-electron chi connectivity index (χ0n) is 24.2. The molecule has 3 heterocycles. The van der Waals surface area contributed by atoms with Gasteiger partial charge in [-0.3, -0.25) is 9.69 Å². The Labute approximate surface area is 248 Å². The number of amides is 1. The number of hydrogen-bond acceptors (Lipinski definition) is 9. The van der Waals surface area contributed by atoms with Crippen LogP contribution in [0, 0.1) is 11.6 Å². The fourth-order valence-corrected chi connectivity index (χ4v) is 6.16. The van der Waals surface area contributed by atoms with Crippen LogP contribution in [0.5, 0.6) is 0 Å². The van der Waals surface area contributed by atoms with Crippen molar-refractivity contribution in [3.05, 3.63) is 60.4 Å². The SMILES string of the molecule is COCC(C(=O)Nc1cccc2c(-c3nc(Nc4cccc(S(C)(=O)=O)c4F)ncc3F)c[nH]c12)N1CCN(C)CC1C. The van der Waals surface area contributed by atoms with E-state index in [1.807, 2.05) is 0 Å². The van der Waals surface area contributed by atoms with Crippen LogP contribution in [0.4, 0.5) is 26.1 Å². The second-order valence-corrected chi connectivity index (χ2v) is 12.6. The van der Waals surface area contributed by atoms with Crippen molar-refractivity contribution in [3.63, 3.8) is 0 Å². The summed E-state index contributed by atoms with van der Waals surface area (Å²) in [6, 6.07) is 8.76. The van der Waals surface area contributed by atoms with Crippen LogP contribution in [0.3, 0.4) is 0 Å². The van der Waals surface area contributed by atoms with Gasteiger partial charge in [0, 0.05) is 56.2 Å². The van der Waals surface area contributed by atoms with Crippen LogP contribution in [-0.2, 0) is 19.4 Å². The van der Waals surface area contributed by atoms with Gasteiger partial charge in [-0.05, 0) is 32.2 Å². The van der Waals surface area contributed by atoms with Crippen molar-refractivity contribution < 1.29 is 26.7 Å². The Morgan fingerprint density at radius 1 is 1.19 bits per heavy atom. The number of likely N-dealkylation sites (N-methyl/N-ethyl adjacent to an activating group) is 1. The molecule has 0 saturated carbocycles. The van der Waals surface area contributed by atoms with E-state index in [2.05, 4.69) is 49.4 Å². The summed E-state index contributed by atoms with van der Waals surface area (Å²) in [5.74, 6) is -2.08. The quantitative estimate of drug-likeness (QED) is 0.259. The number of fused-ring (bicyclic) bond motifs is 1. The normalized spacial score (nSPS) is 17.2. The van der Waals surface area contributed by atoms with Gasteiger partial charge in [0.2, 0.25) is 11.9 Å². The van der Waals surface area contributed by atoms with Gasteiger partial charge in [0.1, 0.15) is 16.6 Å². The molecule has 0 radical (unpaired) electrons. The number of benzene rings is 2. The number of hydrogen-bond donors (Lipinski definition) is 3. The molecule has 3 N–H and O–H groups in total. The zero-order chi connectivity index (χ0) is 30.9. The van der Waals surface area contributed by atoms with Gasteiger partial charge in [0.25, 0.3) is 0 Å². The molecule has 1 fully saturated rings. The van der Waals surface area contributed by atoms with E-state index in [0.29, 0.717) is 22.2 Å². The molecule has 0 bridgehead atoms. The molecule has 2 atom stereocenters. The summed E-state index contributed by atoms with van der Waals surface area (Å²) in [6.07, 6.45) is 3.41. The van der Waals surface area contributed by atoms with Gasteiger partial charge < -0.3 is 25.3 Å². The first kappa shape index (κ1) is 30.5. The molecule has 2 aromatic carbocycles. The van der Waals surface area contributed by atoms with E-state index in [1.54, 1.807) is 31.5 Å². The number of carbonyl (C=O) groups excluding carboxylic acids is 1. The molecule has 2 aromatic heterocycles. The van der Waals surface area contributed by atoms with Crippen molar-refractivity contribution in [2.45, 2.75) is 23.9 Å². The molecule has 1 amide bonds. The summed E-state index contributed by atoms with van der Waals surface area (Å²) < 4.78 is 59.2. The fraction of sp³-hybridized carbons (Fsp3) is 0.345. The van der Waals surface area contributed by atoms with E-state index >= 15 is 4.39 Å². The van der Waals surface area contributed by atoms with E-state index in [4.69, 9.17) is 4.74 Å². The summed E-state index contributed by atoms with van der Waals surface area (Å²) in [5, 5.41) is 6.24. The lowest BCUT2D eigenvalue weighted by Gasteiger charge is -2.41. The summed E-state index contributed by atoms with van der Waals surface area (Å²) in [7, 11) is -0.200. The number of nitrogens with zero attached hydrogens (tertiary/aromatic N) is 4. The Morgan fingerprint density at radius 2 is 1.93 bits per heavy atom. The fourth-order valence-electron chi connectivity index (χ4n) is 5.40. The maximum atomic E-state index is 15.1. The Hall–Kier alpha value is -3.98. The highest BCUT2D eigenvalue weighted by Gasteiger charge is 2.33. The van der Waals surface area contributed by atoms with Crippen LogP contribution in [0.2, 0.25) is 0 Å². The van der Waals surface area contributed by atoms with E-state index in [1.165, 1.54) is 12.1 Å². The molecular formula is C29H33F2N7O4S. The third kappa shape index (κ3) is 6.37. The molecule has 228 valence electrons. The molecular weight excluding hydrogens is 580 g/mol. The number of aromatic nitrogens is 3. The molecule has 0 spiro atoms. The van der Waals surface area contributed by atoms with Crippen molar-refractivity contribution in [2.75, 3.05) is 57.3 Å². The van der Waals surface area contributed by atoms with Crippen LogP contribution in [-0.4, -0.2) is 97.8 Å². The number of sulfone groups is 1. The minimum Gasteiger partial charge on any atom is -0.383 e. The van der Waals surface area contributed by atoms with Gasteiger partial charge in [-0.1, -0.05) is 18.2 Å². The molecule has 1 aliphatic rings. The predicted molar refractivity (Wildman–Crippen MR) is 160 cm³/mol. The van der Waals surface area contributed by atoms with Crippen LogP contribution >= 0.6 is 0 Å². The van der Waals surface area contributed by atoms with Crippen molar-refractivity contribution >= 4 is 44.0 Å². The van der Waals surface area contributed by atoms with Crippen LogP contribution in [0.25, 0.3) is 22.2 Å². The summed E-state index contributed by atoms with van der Waals surface area (Å²) >= 11 is 0. The highest BCUT2D eigenvalue weighted by molar-refractivity contribution is 7.90. The topological polar surface area (TPSA) is 133 Å². The predicted octanol–water partition coefficient (Wildman–Crippen LogP) is 3.64. The Morgan fingerprint density at radius 3 is 2.65 bits per heavy atom. The Balaban J connectivity index is 1.44. The number of ether oxygens (including phenoxy) is 1.